The molecule has 26 heavy (non-hydrogen) atoms. The van der Waals surface area contributed by atoms with Gasteiger partial charge in [0.2, 0.25) is 0 Å². The van der Waals surface area contributed by atoms with Crippen LogP contribution < -0.4 is 15.4 Å². The lowest BCUT2D eigenvalue weighted by Crippen LogP contribution is -2.14. The minimum atomic E-state index is -0.299. The Bertz CT molecular complexity index is 898. The molecule has 3 rings (SSSR count). The van der Waals surface area contributed by atoms with Crippen LogP contribution in [0.3, 0.4) is 0 Å². The summed E-state index contributed by atoms with van der Waals surface area (Å²) in [6.07, 6.45) is 1.62. The van der Waals surface area contributed by atoms with Crippen LogP contribution in [-0.2, 0) is 6.54 Å². The molecule has 6 heteroatoms. The van der Waals surface area contributed by atoms with E-state index in [0.29, 0.717) is 28.7 Å². The maximum absolute atomic E-state index is 12.4. The smallest absolute Gasteiger partial charge is 0.274 e. The number of carbonyl (C=O) groups excluding carboxylic acids is 1. The third-order valence-corrected chi connectivity index (χ3v) is 4.16. The van der Waals surface area contributed by atoms with Crippen LogP contribution in [0.25, 0.3) is 0 Å². The average Bonchev–Trinajstić information content (AvgIpc) is 2.68. The highest BCUT2D eigenvalue weighted by Crippen LogP contribution is 2.23. The second-order valence-electron chi connectivity index (χ2n) is 5.53. The third kappa shape index (κ3) is 4.32. The maximum atomic E-state index is 12.4. The molecule has 0 aliphatic carbocycles. The van der Waals surface area contributed by atoms with E-state index in [1.807, 2.05) is 36.4 Å². The van der Waals surface area contributed by atoms with Crippen molar-refractivity contribution in [3.05, 3.63) is 83.1 Å². The molecule has 0 bridgehead atoms. The molecule has 0 atom stereocenters. The number of amides is 1. The number of aromatic nitrogens is 1. The molecule has 1 aromatic heterocycles. The molecule has 0 spiro atoms. The summed E-state index contributed by atoms with van der Waals surface area (Å²) in [6.45, 7) is 0.577. The van der Waals surface area contributed by atoms with Gasteiger partial charge in [-0.2, -0.15) is 0 Å². The molecule has 132 valence electrons. The van der Waals surface area contributed by atoms with Crippen LogP contribution in [0.5, 0.6) is 5.75 Å². The van der Waals surface area contributed by atoms with Gasteiger partial charge < -0.3 is 15.4 Å². The first-order valence-electron chi connectivity index (χ1n) is 8.05. The topological polar surface area (TPSA) is 63.2 Å². The van der Waals surface area contributed by atoms with Gasteiger partial charge in [0.1, 0.15) is 11.4 Å². The van der Waals surface area contributed by atoms with Crippen LogP contribution in [0.15, 0.2) is 66.9 Å². The van der Waals surface area contributed by atoms with Crippen molar-refractivity contribution in [1.82, 2.24) is 4.98 Å². The lowest BCUT2D eigenvalue weighted by Gasteiger charge is -2.10. The van der Waals surface area contributed by atoms with Crippen molar-refractivity contribution in [2.24, 2.45) is 0 Å². The quantitative estimate of drug-likeness (QED) is 0.668. The minimum absolute atomic E-state index is 0.299. The third-order valence-electron chi connectivity index (χ3n) is 3.79. The highest BCUT2D eigenvalue weighted by Gasteiger charge is 2.10. The summed E-state index contributed by atoms with van der Waals surface area (Å²) >= 11 is 6.14. The van der Waals surface area contributed by atoms with Gasteiger partial charge in [-0.05, 0) is 35.9 Å². The van der Waals surface area contributed by atoms with E-state index in [1.54, 1.807) is 37.6 Å². The summed E-state index contributed by atoms with van der Waals surface area (Å²) in [5.74, 6) is 0.297. The fourth-order valence-corrected chi connectivity index (χ4v) is 2.61. The molecule has 0 unspecified atom stereocenters. The number of hydrogen-bond donors (Lipinski definition) is 2. The van der Waals surface area contributed by atoms with E-state index in [9.17, 15) is 4.79 Å². The standard InChI is InChI=1S/C20H18ClN3O2/c1-26-19-9-5-4-8-17(19)24-20(25)18-11-10-15(13-23-18)22-12-14-6-2-3-7-16(14)21/h2-11,13,22H,12H2,1H3,(H,24,25). The Labute approximate surface area is 157 Å². The van der Waals surface area contributed by atoms with Crippen molar-refractivity contribution in [3.8, 4) is 5.75 Å². The summed E-state index contributed by atoms with van der Waals surface area (Å²) in [5.41, 5.74) is 2.72. The fraction of sp³-hybridized carbons (Fsp3) is 0.100. The molecule has 0 saturated heterocycles. The zero-order valence-electron chi connectivity index (χ0n) is 14.2. The molecule has 1 amide bonds. The number of hydrogen-bond acceptors (Lipinski definition) is 4. The lowest BCUT2D eigenvalue weighted by molar-refractivity contribution is 0.102. The van der Waals surface area contributed by atoms with E-state index in [2.05, 4.69) is 15.6 Å². The average molecular weight is 368 g/mol. The molecule has 0 fully saturated rings. The number of anilines is 2. The Morgan fingerprint density at radius 3 is 2.58 bits per heavy atom. The number of carbonyl (C=O) groups is 1. The van der Waals surface area contributed by atoms with Crippen LogP contribution in [0.2, 0.25) is 5.02 Å². The molecule has 0 aliphatic heterocycles. The SMILES string of the molecule is COc1ccccc1NC(=O)c1ccc(NCc2ccccc2Cl)cn1. The normalized spacial score (nSPS) is 10.2. The molecule has 3 aromatic rings. The second-order valence-corrected chi connectivity index (χ2v) is 5.94. The first-order valence-corrected chi connectivity index (χ1v) is 8.43. The van der Waals surface area contributed by atoms with Gasteiger partial charge in [0.25, 0.3) is 5.91 Å². The number of methoxy groups -OCH3 is 1. The van der Waals surface area contributed by atoms with E-state index in [0.717, 1.165) is 11.3 Å². The Morgan fingerprint density at radius 2 is 1.85 bits per heavy atom. The number of ether oxygens (including phenoxy) is 1. The van der Waals surface area contributed by atoms with Gasteiger partial charge >= 0.3 is 0 Å². The van der Waals surface area contributed by atoms with E-state index in [4.69, 9.17) is 16.3 Å². The Morgan fingerprint density at radius 1 is 1.08 bits per heavy atom. The van der Waals surface area contributed by atoms with Crippen molar-refractivity contribution in [2.45, 2.75) is 6.54 Å². The van der Waals surface area contributed by atoms with E-state index in [-0.39, 0.29) is 5.91 Å². The van der Waals surface area contributed by atoms with E-state index >= 15 is 0 Å². The van der Waals surface area contributed by atoms with Crippen molar-refractivity contribution in [2.75, 3.05) is 17.7 Å². The van der Waals surface area contributed by atoms with Gasteiger partial charge in [-0.25, -0.2) is 4.98 Å². The van der Waals surface area contributed by atoms with E-state index in [1.165, 1.54) is 0 Å². The monoisotopic (exact) mass is 367 g/mol. The number of nitrogens with one attached hydrogen (secondary N) is 2. The summed E-state index contributed by atoms with van der Waals surface area (Å²) in [4.78, 5) is 16.6. The van der Waals surface area contributed by atoms with Gasteiger partial charge in [0.05, 0.1) is 24.7 Å². The lowest BCUT2D eigenvalue weighted by atomic mass is 10.2. The van der Waals surface area contributed by atoms with Gasteiger partial charge in [0.15, 0.2) is 0 Å². The summed E-state index contributed by atoms with van der Waals surface area (Å²) in [6, 6.07) is 18.3. The van der Waals surface area contributed by atoms with Gasteiger partial charge in [0, 0.05) is 11.6 Å². The summed E-state index contributed by atoms with van der Waals surface area (Å²) in [7, 11) is 1.56. The number of halogens is 1. The Kier molecular flexibility index (Phi) is 5.71. The maximum Gasteiger partial charge on any atom is 0.274 e. The fourth-order valence-electron chi connectivity index (χ4n) is 2.41. The van der Waals surface area contributed by atoms with Crippen LogP contribution >= 0.6 is 11.6 Å². The van der Waals surface area contributed by atoms with E-state index < -0.39 is 0 Å². The number of nitrogens with zero attached hydrogens (tertiary/aromatic N) is 1. The van der Waals surface area contributed by atoms with Crippen molar-refractivity contribution >= 4 is 28.9 Å². The van der Waals surface area contributed by atoms with Gasteiger partial charge in [-0.15, -0.1) is 0 Å². The molecule has 2 aromatic carbocycles. The molecule has 2 N–H and O–H groups in total. The number of pyridine rings is 1. The number of rotatable bonds is 6. The summed E-state index contributed by atoms with van der Waals surface area (Å²) < 4.78 is 5.23. The highest BCUT2D eigenvalue weighted by molar-refractivity contribution is 6.31. The Hall–Kier alpha value is -3.05. The highest BCUT2D eigenvalue weighted by atomic mass is 35.5. The zero-order chi connectivity index (χ0) is 18.4. The zero-order valence-corrected chi connectivity index (χ0v) is 15.0. The first-order chi connectivity index (χ1) is 12.7. The first kappa shape index (κ1) is 17.8. The molecular weight excluding hydrogens is 350 g/mol. The second kappa shape index (κ2) is 8.36. The van der Waals surface area contributed by atoms with Crippen molar-refractivity contribution in [3.63, 3.8) is 0 Å². The molecule has 0 radical (unpaired) electrons. The van der Waals surface area contributed by atoms with Crippen molar-refractivity contribution < 1.29 is 9.53 Å². The largest absolute Gasteiger partial charge is 0.495 e. The van der Waals surface area contributed by atoms with Crippen LogP contribution in [0.1, 0.15) is 16.1 Å². The minimum Gasteiger partial charge on any atom is -0.495 e. The Balaban J connectivity index is 1.63. The van der Waals surface area contributed by atoms with Crippen LogP contribution in [0, 0.1) is 0 Å². The van der Waals surface area contributed by atoms with Gasteiger partial charge in [-0.1, -0.05) is 41.9 Å². The molecule has 1 heterocycles. The van der Waals surface area contributed by atoms with Crippen LogP contribution in [0.4, 0.5) is 11.4 Å². The molecule has 0 saturated carbocycles. The predicted octanol–water partition coefficient (Wildman–Crippen LogP) is 4.61. The van der Waals surface area contributed by atoms with Crippen LogP contribution in [-0.4, -0.2) is 18.0 Å². The number of para-hydroxylation sites is 2. The number of benzene rings is 2. The molecule has 5 nitrogen and oxygen atoms in total. The van der Waals surface area contributed by atoms with Gasteiger partial charge in [-0.3, -0.25) is 4.79 Å². The summed E-state index contributed by atoms with van der Waals surface area (Å²) in [5, 5.41) is 6.74. The van der Waals surface area contributed by atoms with Crippen molar-refractivity contribution in [1.29, 1.82) is 0 Å². The molecular formula is C20H18ClN3O2. The molecule has 0 aliphatic rings. The predicted molar refractivity (Wildman–Crippen MR) is 104 cm³/mol.